The molecule has 1 aliphatic rings. The molecule has 0 aromatic heterocycles. The Labute approximate surface area is 105 Å². The van der Waals surface area contributed by atoms with Gasteiger partial charge in [0.1, 0.15) is 0 Å². The highest BCUT2D eigenvalue weighted by Crippen LogP contribution is 2.08. The van der Waals surface area contributed by atoms with Crippen LogP contribution in [0.15, 0.2) is 0 Å². The van der Waals surface area contributed by atoms with E-state index in [0.29, 0.717) is 26.4 Å². The number of hydrogen-bond donors (Lipinski definition) is 1. The summed E-state index contributed by atoms with van der Waals surface area (Å²) < 4.78 is 21.1. The van der Waals surface area contributed by atoms with Gasteiger partial charge in [-0.15, -0.1) is 0 Å². The molecular formula is C12H27NO4. The van der Waals surface area contributed by atoms with Crippen LogP contribution in [0.2, 0.25) is 0 Å². The first-order chi connectivity index (χ1) is 8.38. The lowest BCUT2D eigenvalue weighted by Gasteiger charge is -2.19. The smallest absolute Gasteiger partial charge is 0.0974 e. The number of rotatable bonds is 8. The van der Waals surface area contributed by atoms with Crippen molar-refractivity contribution in [3.63, 3.8) is 0 Å². The van der Waals surface area contributed by atoms with Crippen molar-refractivity contribution < 1.29 is 18.9 Å². The quantitative estimate of drug-likeness (QED) is 0.641. The molecule has 0 saturated carbocycles. The molecule has 104 valence electrons. The van der Waals surface area contributed by atoms with Crippen LogP contribution < -0.4 is 5.32 Å². The molecule has 1 aliphatic heterocycles. The zero-order chi connectivity index (χ0) is 12.9. The van der Waals surface area contributed by atoms with Gasteiger partial charge >= 0.3 is 0 Å². The summed E-state index contributed by atoms with van der Waals surface area (Å²) in [5.41, 5.74) is 0. The highest BCUT2D eigenvalue weighted by molar-refractivity contribution is 4.82. The number of methoxy groups -OCH3 is 2. The van der Waals surface area contributed by atoms with Crippen LogP contribution >= 0.6 is 0 Å². The van der Waals surface area contributed by atoms with Crippen molar-refractivity contribution in [2.24, 2.45) is 0 Å². The second-order valence-electron chi connectivity index (χ2n) is 3.46. The van der Waals surface area contributed by atoms with Gasteiger partial charge < -0.3 is 24.3 Å². The largest absolute Gasteiger partial charge is 0.382 e. The van der Waals surface area contributed by atoms with Gasteiger partial charge in [-0.1, -0.05) is 13.8 Å². The van der Waals surface area contributed by atoms with E-state index in [9.17, 15) is 0 Å². The summed E-state index contributed by atoms with van der Waals surface area (Å²) in [5, 5.41) is 3.24. The number of hydrogen-bond acceptors (Lipinski definition) is 5. The monoisotopic (exact) mass is 249 g/mol. The Morgan fingerprint density at radius 3 is 1.59 bits per heavy atom. The highest BCUT2D eigenvalue weighted by atomic mass is 16.6. The van der Waals surface area contributed by atoms with Crippen LogP contribution in [-0.4, -0.2) is 65.9 Å². The average molecular weight is 249 g/mol. The molecule has 1 heterocycles. The van der Waals surface area contributed by atoms with E-state index in [1.54, 1.807) is 14.2 Å². The minimum atomic E-state index is 0.136. The van der Waals surface area contributed by atoms with Crippen molar-refractivity contribution >= 4 is 0 Å². The van der Waals surface area contributed by atoms with Gasteiger partial charge in [0, 0.05) is 27.3 Å². The van der Waals surface area contributed by atoms with Gasteiger partial charge in [-0.2, -0.15) is 0 Å². The van der Waals surface area contributed by atoms with Crippen LogP contribution in [0.3, 0.4) is 0 Å². The van der Waals surface area contributed by atoms with Crippen LogP contribution in [0.1, 0.15) is 13.8 Å². The molecule has 1 rings (SSSR count). The Morgan fingerprint density at radius 2 is 1.24 bits per heavy atom. The van der Waals surface area contributed by atoms with Gasteiger partial charge in [0.2, 0.25) is 0 Å². The summed E-state index contributed by atoms with van der Waals surface area (Å²) in [6.45, 7) is 8.19. The van der Waals surface area contributed by atoms with Crippen molar-refractivity contribution in [1.29, 1.82) is 0 Å². The minimum Gasteiger partial charge on any atom is -0.382 e. The maximum Gasteiger partial charge on any atom is 0.0974 e. The van der Waals surface area contributed by atoms with E-state index in [0.717, 1.165) is 13.1 Å². The Morgan fingerprint density at radius 1 is 0.824 bits per heavy atom. The summed E-state index contributed by atoms with van der Waals surface area (Å²) in [6.07, 6.45) is 0.272. The molecule has 5 nitrogen and oxygen atoms in total. The molecule has 0 aromatic carbocycles. The normalized spacial score (nSPS) is 23.3. The molecule has 1 fully saturated rings. The van der Waals surface area contributed by atoms with Gasteiger partial charge in [-0.3, -0.25) is 0 Å². The molecule has 0 bridgehead atoms. The zero-order valence-corrected chi connectivity index (χ0v) is 11.5. The summed E-state index contributed by atoms with van der Waals surface area (Å²) in [7, 11) is 3.34. The van der Waals surface area contributed by atoms with E-state index >= 15 is 0 Å². The third-order valence-electron chi connectivity index (χ3n) is 2.34. The zero-order valence-electron chi connectivity index (χ0n) is 11.5. The lowest BCUT2D eigenvalue weighted by Crippen LogP contribution is -2.32. The van der Waals surface area contributed by atoms with Crippen molar-refractivity contribution in [1.82, 2.24) is 5.32 Å². The number of ether oxygens (including phenoxy) is 4. The molecule has 0 aliphatic carbocycles. The maximum absolute atomic E-state index is 5.63. The molecule has 1 saturated heterocycles. The minimum absolute atomic E-state index is 0.136. The first-order valence-corrected chi connectivity index (χ1v) is 6.30. The predicted octanol–water partition coefficient (Wildman–Crippen LogP) is 0.679. The van der Waals surface area contributed by atoms with E-state index in [-0.39, 0.29) is 12.2 Å². The molecular weight excluding hydrogens is 222 g/mol. The van der Waals surface area contributed by atoms with Gasteiger partial charge in [0.25, 0.3) is 0 Å². The molecule has 0 spiro atoms. The second kappa shape index (κ2) is 12.3. The molecule has 2 unspecified atom stereocenters. The Balaban J connectivity index is 0.00000121. The first-order valence-electron chi connectivity index (χ1n) is 6.30. The third kappa shape index (κ3) is 7.68. The highest BCUT2D eigenvalue weighted by Gasteiger charge is 2.28. The molecule has 0 radical (unpaired) electrons. The fraction of sp³-hybridized carbons (Fsp3) is 1.00. The summed E-state index contributed by atoms with van der Waals surface area (Å²) >= 11 is 0. The van der Waals surface area contributed by atoms with E-state index in [1.807, 2.05) is 13.8 Å². The summed E-state index contributed by atoms with van der Waals surface area (Å²) in [4.78, 5) is 0. The van der Waals surface area contributed by atoms with E-state index in [4.69, 9.17) is 18.9 Å². The van der Waals surface area contributed by atoms with Crippen molar-refractivity contribution in [3.05, 3.63) is 0 Å². The lowest BCUT2D eigenvalue weighted by atomic mass is 10.2. The molecule has 2 atom stereocenters. The molecule has 1 N–H and O–H groups in total. The standard InChI is InChI=1S/C10H21NO4.C2H6/c1-12-3-5-14-9-7-11-8-10(9)15-6-4-13-2;1-2/h9-11H,3-8H2,1-2H3;1-2H3. The van der Waals surface area contributed by atoms with Crippen molar-refractivity contribution in [2.45, 2.75) is 26.1 Å². The second-order valence-corrected chi connectivity index (χ2v) is 3.46. The SMILES string of the molecule is CC.COCCOC1CNCC1OCCOC. The Bertz CT molecular complexity index is 141. The van der Waals surface area contributed by atoms with Crippen molar-refractivity contribution in [3.8, 4) is 0 Å². The molecule has 17 heavy (non-hydrogen) atoms. The molecule has 0 amide bonds. The average Bonchev–Trinajstić information content (AvgIpc) is 2.80. The topological polar surface area (TPSA) is 49.0 Å². The van der Waals surface area contributed by atoms with Gasteiger partial charge in [-0.05, 0) is 0 Å². The lowest BCUT2D eigenvalue weighted by molar-refractivity contribution is -0.0658. The van der Waals surface area contributed by atoms with E-state index in [1.165, 1.54) is 0 Å². The predicted molar refractivity (Wildman–Crippen MR) is 67.4 cm³/mol. The maximum atomic E-state index is 5.63. The van der Waals surface area contributed by atoms with Crippen LogP contribution in [0, 0.1) is 0 Å². The first kappa shape index (κ1) is 16.8. The summed E-state index contributed by atoms with van der Waals surface area (Å²) in [6, 6.07) is 0. The third-order valence-corrected chi connectivity index (χ3v) is 2.34. The van der Waals surface area contributed by atoms with Gasteiger partial charge in [0.05, 0.1) is 38.6 Å². The Kier molecular flexibility index (Phi) is 12.1. The van der Waals surface area contributed by atoms with Crippen LogP contribution in [-0.2, 0) is 18.9 Å². The fourth-order valence-corrected chi connectivity index (χ4v) is 1.53. The Hall–Kier alpha value is -0.200. The summed E-state index contributed by atoms with van der Waals surface area (Å²) in [5.74, 6) is 0. The van der Waals surface area contributed by atoms with E-state index in [2.05, 4.69) is 5.32 Å². The molecule has 5 heteroatoms. The van der Waals surface area contributed by atoms with Crippen LogP contribution in [0.5, 0.6) is 0 Å². The van der Waals surface area contributed by atoms with Crippen LogP contribution in [0.25, 0.3) is 0 Å². The van der Waals surface area contributed by atoms with Gasteiger partial charge in [-0.25, -0.2) is 0 Å². The van der Waals surface area contributed by atoms with Crippen molar-refractivity contribution in [2.75, 3.05) is 53.7 Å². The number of nitrogens with one attached hydrogen (secondary N) is 1. The van der Waals surface area contributed by atoms with Crippen LogP contribution in [0.4, 0.5) is 0 Å². The van der Waals surface area contributed by atoms with E-state index < -0.39 is 0 Å². The fourth-order valence-electron chi connectivity index (χ4n) is 1.53. The van der Waals surface area contributed by atoms with Gasteiger partial charge in [0.15, 0.2) is 0 Å². The molecule has 0 aromatic rings.